The quantitative estimate of drug-likeness (QED) is 0.663. The zero-order chi connectivity index (χ0) is 18.5. The Morgan fingerprint density at radius 1 is 1.15 bits per heavy atom. The first-order valence-electron chi connectivity index (χ1n) is 9.48. The number of aldehydes is 2. The molecule has 1 unspecified atom stereocenters. The van der Waals surface area contributed by atoms with Crippen molar-refractivity contribution in [3.63, 3.8) is 0 Å². The zero-order valence-corrected chi connectivity index (χ0v) is 15.4. The third-order valence-electron chi connectivity index (χ3n) is 5.36. The first-order chi connectivity index (χ1) is 12.7. The van der Waals surface area contributed by atoms with Crippen molar-refractivity contribution in [1.82, 2.24) is 9.80 Å². The van der Waals surface area contributed by atoms with Gasteiger partial charge >= 0.3 is 0 Å². The normalized spacial score (nSPS) is 18.7. The Labute approximate surface area is 154 Å². The van der Waals surface area contributed by atoms with Crippen molar-refractivity contribution in [2.45, 2.75) is 38.8 Å². The molecule has 6 nitrogen and oxygen atoms in total. The number of hydrogen-bond acceptors (Lipinski definition) is 5. The molecule has 0 radical (unpaired) electrons. The van der Waals surface area contributed by atoms with E-state index in [4.69, 9.17) is 0 Å². The predicted octanol–water partition coefficient (Wildman–Crippen LogP) is 1.72. The van der Waals surface area contributed by atoms with Crippen molar-refractivity contribution < 1.29 is 14.4 Å². The molecule has 0 N–H and O–H groups in total. The average Bonchev–Trinajstić information content (AvgIpc) is 3.00. The summed E-state index contributed by atoms with van der Waals surface area (Å²) in [6.45, 7) is 7.10. The second kappa shape index (κ2) is 8.45. The van der Waals surface area contributed by atoms with Crippen LogP contribution in [0.5, 0.6) is 0 Å². The maximum atomic E-state index is 12.6. The van der Waals surface area contributed by atoms with Crippen LogP contribution < -0.4 is 4.90 Å². The molecule has 1 aromatic carbocycles. The van der Waals surface area contributed by atoms with Crippen LogP contribution in [0.25, 0.3) is 0 Å². The molecule has 2 aliphatic rings. The van der Waals surface area contributed by atoms with Crippen molar-refractivity contribution in [3.05, 3.63) is 29.3 Å². The van der Waals surface area contributed by atoms with Gasteiger partial charge in [-0.2, -0.15) is 0 Å². The number of benzene rings is 1. The first kappa shape index (κ1) is 18.6. The number of carbonyl (C=O) groups excluding carboxylic acids is 3. The predicted molar refractivity (Wildman–Crippen MR) is 100 cm³/mol. The minimum atomic E-state index is -0.329. The van der Waals surface area contributed by atoms with E-state index in [-0.39, 0.29) is 11.9 Å². The topological polar surface area (TPSA) is 60.9 Å². The third kappa shape index (κ3) is 3.80. The number of rotatable bonds is 8. The van der Waals surface area contributed by atoms with Gasteiger partial charge in [-0.1, -0.05) is 13.3 Å². The summed E-state index contributed by atoms with van der Waals surface area (Å²) in [6.07, 6.45) is 4.04. The molecule has 1 fully saturated rings. The zero-order valence-electron chi connectivity index (χ0n) is 15.4. The minimum absolute atomic E-state index is 0.0317. The van der Waals surface area contributed by atoms with Crippen molar-refractivity contribution in [1.29, 1.82) is 0 Å². The van der Waals surface area contributed by atoms with Crippen molar-refractivity contribution in [2.75, 3.05) is 37.6 Å². The number of hydrogen-bond donors (Lipinski definition) is 0. The Morgan fingerprint density at radius 3 is 2.58 bits per heavy atom. The van der Waals surface area contributed by atoms with Crippen LogP contribution in [0.15, 0.2) is 18.2 Å². The van der Waals surface area contributed by atoms with Crippen LogP contribution in [0.2, 0.25) is 0 Å². The highest BCUT2D eigenvalue weighted by Gasteiger charge is 2.32. The van der Waals surface area contributed by atoms with E-state index in [1.807, 2.05) is 19.1 Å². The van der Waals surface area contributed by atoms with Crippen molar-refractivity contribution in [3.8, 4) is 0 Å². The van der Waals surface area contributed by atoms with Gasteiger partial charge < -0.3 is 19.4 Å². The molecule has 2 aliphatic heterocycles. The second-order valence-corrected chi connectivity index (χ2v) is 7.05. The molecule has 0 aromatic heterocycles. The molecule has 2 heterocycles. The van der Waals surface area contributed by atoms with E-state index in [2.05, 4.69) is 15.9 Å². The van der Waals surface area contributed by atoms with E-state index in [1.54, 1.807) is 4.90 Å². The van der Waals surface area contributed by atoms with Gasteiger partial charge in [-0.3, -0.25) is 9.69 Å². The standard InChI is InChI=1S/C20H27N3O3/c1-2-4-18(15-25)23-14-16-13-17(5-6-19(16)20(23)26)22-10-8-21(9-11-22)7-3-12-24/h5-6,12-13,15,18H,2-4,7-11,14H2,1H3. The summed E-state index contributed by atoms with van der Waals surface area (Å²) in [7, 11) is 0. The smallest absolute Gasteiger partial charge is 0.255 e. The molecule has 6 heteroatoms. The van der Waals surface area contributed by atoms with E-state index < -0.39 is 0 Å². The van der Waals surface area contributed by atoms with Crippen LogP contribution >= 0.6 is 0 Å². The lowest BCUT2D eigenvalue weighted by Crippen LogP contribution is -2.46. The molecule has 0 bridgehead atoms. The Balaban J connectivity index is 1.67. The number of carbonyl (C=O) groups is 3. The summed E-state index contributed by atoms with van der Waals surface area (Å²) in [5.74, 6) is -0.0317. The highest BCUT2D eigenvalue weighted by Crippen LogP contribution is 2.29. The van der Waals surface area contributed by atoms with Crippen molar-refractivity contribution >= 4 is 24.2 Å². The molecule has 1 aromatic rings. The molecular weight excluding hydrogens is 330 g/mol. The number of fused-ring (bicyclic) bond motifs is 1. The van der Waals surface area contributed by atoms with Crippen LogP contribution in [0, 0.1) is 0 Å². The SMILES string of the molecule is CCCC(C=O)N1Cc2cc(N3CCN(CCC=O)CC3)ccc2C1=O. The summed E-state index contributed by atoms with van der Waals surface area (Å²) in [6, 6.07) is 5.68. The van der Waals surface area contributed by atoms with Gasteiger partial charge in [-0.05, 0) is 30.2 Å². The van der Waals surface area contributed by atoms with Crippen molar-refractivity contribution in [2.24, 2.45) is 0 Å². The first-order valence-corrected chi connectivity index (χ1v) is 9.48. The Kier molecular flexibility index (Phi) is 6.04. The third-order valence-corrected chi connectivity index (χ3v) is 5.36. The van der Waals surface area contributed by atoms with Gasteiger partial charge in [0.1, 0.15) is 12.6 Å². The number of piperazine rings is 1. The Bertz CT molecular complexity index is 668. The van der Waals surface area contributed by atoms with Gasteiger partial charge in [0, 0.05) is 56.9 Å². The number of anilines is 1. The van der Waals surface area contributed by atoms with E-state index >= 15 is 0 Å². The monoisotopic (exact) mass is 357 g/mol. The maximum absolute atomic E-state index is 12.6. The van der Waals surface area contributed by atoms with Gasteiger partial charge in [0.25, 0.3) is 5.91 Å². The Morgan fingerprint density at radius 2 is 1.92 bits per heavy atom. The molecule has 26 heavy (non-hydrogen) atoms. The van der Waals surface area contributed by atoms with E-state index in [0.29, 0.717) is 19.4 Å². The molecule has 0 aliphatic carbocycles. The second-order valence-electron chi connectivity index (χ2n) is 7.05. The van der Waals surface area contributed by atoms with Gasteiger partial charge in [0.15, 0.2) is 0 Å². The number of amides is 1. The lowest BCUT2D eigenvalue weighted by molar-refractivity contribution is -0.112. The van der Waals surface area contributed by atoms with Crippen LogP contribution in [0.1, 0.15) is 42.1 Å². The van der Waals surface area contributed by atoms with Gasteiger partial charge in [0.2, 0.25) is 0 Å². The lowest BCUT2D eigenvalue weighted by atomic mass is 10.1. The van der Waals surface area contributed by atoms with E-state index in [1.165, 1.54) is 0 Å². The highest BCUT2D eigenvalue weighted by atomic mass is 16.2. The van der Waals surface area contributed by atoms with Gasteiger partial charge in [-0.25, -0.2) is 0 Å². The van der Waals surface area contributed by atoms with Crippen LogP contribution in [0.3, 0.4) is 0 Å². The molecule has 1 atom stereocenters. The summed E-state index contributed by atoms with van der Waals surface area (Å²) in [5.41, 5.74) is 2.87. The summed E-state index contributed by atoms with van der Waals surface area (Å²) in [4.78, 5) is 40.8. The summed E-state index contributed by atoms with van der Waals surface area (Å²) >= 11 is 0. The summed E-state index contributed by atoms with van der Waals surface area (Å²) < 4.78 is 0. The molecule has 140 valence electrons. The fourth-order valence-corrected chi connectivity index (χ4v) is 3.85. The number of nitrogens with zero attached hydrogens (tertiary/aromatic N) is 3. The molecule has 0 saturated carbocycles. The lowest BCUT2D eigenvalue weighted by Gasteiger charge is -2.36. The van der Waals surface area contributed by atoms with E-state index in [0.717, 1.165) is 68.5 Å². The largest absolute Gasteiger partial charge is 0.369 e. The van der Waals surface area contributed by atoms with Crippen LogP contribution in [-0.4, -0.2) is 67.0 Å². The van der Waals surface area contributed by atoms with E-state index in [9.17, 15) is 14.4 Å². The molecule has 3 rings (SSSR count). The fourth-order valence-electron chi connectivity index (χ4n) is 3.85. The van der Waals surface area contributed by atoms with Crippen LogP contribution in [0.4, 0.5) is 5.69 Å². The molecular formula is C20H27N3O3. The summed E-state index contributed by atoms with van der Waals surface area (Å²) in [5, 5.41) is 0. The highest BCUT2D eigenvalue weighted by molar-refractivity contribution is 6.00. The molecule has 0 spiro atoms. The van der Waals surface area contributed by atoms with Gasteiger partial charge in [0.05, 0.1) is 6.04 Å². The molecule has 1 amide bonds. The molecule has 1 saturated heterocycles. The average molecular weight is 357 g/mol. The maximum Gasteiger partial charge on any atom is 0.255 e. The van der Waals surface area contributed by atoms with Gasteiger partial charge in [-0.15, -0.1) is 0 Å². The Hall–Kier alpha value is -2.21. The fraction of sp³-hybridized carbons (Fsp3) is 0.550. The minimum Gasteiger partial charge on any atom is -0.369 e. The van der Waals surface area contributed by atoms with Crippen LogP contribution in [-0.2, 0) is 16.1 Å².